The molecule has 0 saturated heterocycles. The van der Waals surface area contributed by atoms with E-state index in [1.165, 1.54) is 5.57 Å². The third-order valence-corrected chi connectivity index (χ3v) is 2.97. The van der Waals surface area contributed by atoms with Crippen molar-refractivity contribution in [1.29, 1.82) is 0 Å². The smallest absolute Gasteiger partial charge is 0.356 e. The molecule has 2 rings (SSSR count). The molecule has 2 N–H and O–H groups in total. The van der Waals surface area contributed by atoms with E-state index in [4.69, 9.17) is 5.11 Å². The molecule has 1 aromatic rings. The molecule has 92 valence electrons. The van der Waals surface area contributed by atoms with Gasteiger partial charge in [0.05, 0.1) is 0 Å². The maximum Gasteiger partial charge on any atom is 0.356 e. The molecule has 0 fully saturated rings. The van der Waals surface area contributed by atoms with Gasteiger partial charge in [-0.15, -0.1) is 0 Å². The highest BCUT2D eigenvalue weighted by molar-refractivity contribution is 5.87. The molecule has 0 atom stereocenters. The predicted octanol–water partition coefficient (Wildman–Crippen LogP) is 1.43. The fraction of sp³-hybridized carbons (Fsp3) is 0.500. The van der Waals surface area contributed by atoms with Crippen molar-refractivity contribution in [2.24, 2.45) is 0 Å². The Morgan fingerprint density at radius 2 is 2.35 bits per heavy atom. The number of carboxylic acids is 1. The summed E-state index contributed by atoms with van der Waals surface area (Å²) in [7, 11) is 0. The monoisotopic (exact) mass is 235 g/mol. The SMILES string of the molecule is CC(C)=CCN1CCc2[nH]nc(C(=O)O)c2C1. The van der Waals surface area contributed by atoms with Crippen LogP contribution < -0.4 is 0 Å². The van der Waals surface area contributed by atoms with Crippen LogP contribution in [0.1, 0.15) is 35.6 Å². The number of hydrogen-bond donors (Lipinski definition) is 2. The largest absolute Gasteiger partial charge is 0.476 e. The van der Waals surface area contributed by atoms with Gasteiger partial charge < -0.3 is 5.11 Å². The van der Waals surface area contributed by atoms with Gasteiger partial charge in [-0.3, -0.25) is 10.00 Å². The van der Waals surface area contributed by atoms with Gasteiger partial charge in [-0.25, -0.2) is 4.79 Å². The van der Waals surface area contributed by atoms with Gasteiger partial charge in [0, 0.05) is 37.3 Å². The van der Waals surface area contributed by atoms with Crippen molar-refractivity contribution in [3.63, 3.8) is 0 Å². The molecule has 5 nitrogen and oxygen atoms in total. The van der Waals surface area contributed by atoms with Crippen molar-refractivity contribution >= 4 is 5.97 Å². The summed E-state index contributed by atoms with van der Waals surface area (Å²) in [4.78, 5) is 13.2. The highest BCUT2D eigenvalue weighted by atomic mass is 16.4. The zero-order chi connectivity index (χ0) is 12.4. The van der Waals surface area contributed by atoms with E-state index in [0.29, 0.717) is 6.54 Å². The second-order valence-corrected chi connectivity index (χ2v) is 4.60. The van der Waals surface area contributed by atoms with Crippen molar-refractivity contribution in [2.45, 2.75) is 26.8 Å². The lowest BCUT2D eigenvalue weighted by molar-refractivity contribution is 0.0688. The molecule has 0 aliphatic carbocycles. The lowest BCUT2D eigenvalue weighted by Gasteiger charge is -2.25. The topological polar surface area (TPSA) is 69.2 Å². The van der Waals surface area contributed by atoms with Crippen molar-refractivity contribution < 1.29 is 9.90 Å². The van der Waals surface area contributed by atoms with Crippen LogP contribution in [0.2, 0.25) is 0 Å². The van der Waals surface area contributed by atoms with E-state index < -0.39 is 5.97 Å². The van der Waals surface area contributed by atoms with Crippen LogP contribution in [-0.2, 0) is 13.0 Å². The molecule has 0 radical (unpaired) electrons. The summed E-state index contributed by atoms with van der Waals surface area (Å²) in [5.74, 6) is -0.952. The Kier molecular flexibility index (Phi) is 3.28. The molecule has 0 amide bonds. The van der Waals surface area contributed by atoms with Gasteiger partial charge in [0.1, 0.15) is 0 Å². The van der Waals surface area contributed by atoms with Gasteiger partial charge in [-0.2, -0.15) is 5.10 Å². The number of aromatic amines is 1. The minimum atomic E-state index is -0.952. The van der Waals surface area contributed by atoms with Crippen LogP contribution >= 0.6 is 0 Å². The highest BCUT2D eigenvalue weighted by Crippen LogP contribution is 2.20. The first-order chi connectivity index (χ1) is 8.08. The molecule has 2 heterocycles. The second kappa shape index (κ2) is 4.71. The number of nitrogens with one attached hydrogen (secondary N) is 1. The molecule has 17 heavy (non-hydrogen) atoms. The predicted molar refractivity (Wildman–Crippen MR) is 64.0 cm³/mol. The van der Waals surface area contributed by atoms with Crippen molar-refractivity contribution in [2.75, 3.05) is 13.1 Å². The van der Waals surface area contributed by atoms with E-state index in [0.717, 1.165) is 30.8 Å². The zero-order valence-electron chi connectivity index (χ0n) is 10.2. The normalized spacial score (nSPS) is 15.4. The molecular weight excluding hydrogens is 218 g/mol. The molecule has 5 heteroatoms. The number of carbonyl (C=O) groups is 1. The van der Waals surface area contributed by atoms with Crippen LogP contribution in [0.4, 0.5) is 0 Å². The summed E-state index contributed by atoms with van der Waals surface area (Å²) < 4.78 is 0. The standard InChI is InChI=1S/C12H17N3O2/c1-8(2)3-5-15-6-4-10-9(7-15)11(12(16)17)14-13-10/h3H,4-7H2,1-2H3,(H,13,14)(H,16,17). The number of rotatable bonds is 3. The first kappa shape index (κ1) is 11.9. The number of fused-ring (bicyclic) bond motifs is 1. The van der Waals surface area contributed by atoms with Gasteiger partial charge in [0.25, 0.3) is 0 Å². The molecule has 1 aromatic heterocycles. The van der Waals surface area contributed by atoms with Crippen LogP contribution in [0.15, 0.2) is 11.6 Å². The molecule has 1 aliphatic heterocycles. The number of carboxylic acid groups (broad SMARTS) is 1. The van der Waals surface area contributed by atoms with Gasteiger partial charge in [0.2, 0.25) is 0 Å². The number of aromatic nitrogens is 2. The van der Waals surface area contributed by atoms with Crippen molar-refractivity contribution in [3.05, 3.63) is 28.6 Å². The fourth-order valence-electron chi connectivity index (χ4n) is 2.00. The Morgan fingerprint density at radius 3 is 3.00 bits per heavy atom. The highest BCUT2D eigenvalue weighted by Gasteiger charge is 2.24. The molecule has 0 aromatic carbocycles. The Labute approximate surface area is 100 Å². The quantitative estimate of drug-likeness (QED) is 0.778. The summed E-state index contributed by atoms with van der Waals surface area (Å²) >= 11 is 0. The van der Waals surface area contributed by atoms with Gasteiger partial charge >= 0.3 is 5.97 Å². The average Bonchev–Trinajstić information content (AvgIpc) is 2.69. The van der Waals surface area contributed by atoms with Gasteiger partial charge in [-0.05, 0) is 13.8 Å². The number of nitrogens with zero attached hydrogens (tertiary/aromatic N) is 2. The minimum Gasteiger partial charge on any atom is -0.476 e. The summed E-state index contributed by atoms with van der Waals surface area (Å²) in [5, 5.41) is 15.7. The number of hydrogen-bond acceptors (Lipinski definition) is 3. The van der Waals surface area contributed by atoms with E-state index in [9.17, 15) is 4.79 Å². The maximum atomic E-state index is 11.0. The number of H-pyrrole nitrogens is 1. The van der Waals surface area contributed by atoms with Crippen molar-refractivity contribution in [1.82, 2.24) is 15.1 Å². The van der Waals surface area contributed by atoms with E-state index in [1.807, 2.05) is 0 Å². The number of aromatic carboxylic acids is 1. The lowest BCUT2D eigenvalue weighted by Crippen LogP contribution is -2.31. The Morgan fingerprint density at radius 1 is 1.59 bits per heavy atom. The molecule has 1 aliphatic rings. The van der Waals surface area contributed by atoms with Crippen LogP contribution in [0.25, 0.3) is 0 Å². The molecule has 0 spiro atoms. The van der Waals surface area contributed by atoms with Crippen molar-refractivity contribution in [3.8, 4) is 0 Å². The summed E-state index contributed by atoms with van der Waals surface area (Å²) in [6.45, 7) is 6.60. The lowest BCUT2D eigenvalue weighted by atomic mass is 10.1. The average molecular weight is 235 g/mol. The van der Waals surface area contributed by atoms with Gasteiger partial charge in [-0.1, -0.05) is 11.6 Å². The zero-order valence-corrected chi connectivity index (χ0v) is 10.2. The van der Waals surface area contributed by atoms with E-state index >= 15 is 0 Å². The summed E-state index contributed by atoms with van der Waals surface area (Å²) in [5.41, 5.74) is 3.25. The van der Waals surface area contributed by atoms with Gasteiger partial charge in [0.15, 0.2) is 5.69 Å². The first-order valence-corrected chi connectivity index (χ1v) is 5.73. The molecular formula is C12H17N3O2. The summed E-state index contributed by atoms with van der Waals surface area (Å²) in [6, 6.07) is 0. The third-order valence-electron chi connectivity index (χ3n) is 2.97. The van der Waals surface area contributed by atoms with E-state index in [-0.39, 0.29) is 5.69 Å². The van der Waals surface area contributed by atoms with Crippen LogP contribution in [0.3, 0.4) is 0 Å². The second-order valence-electron chi connectivity index (χ2n) is 4.60. The number of allylic oxidation sites excluding steroid dienone is 1. The van der Waals surface area contributed by atoms with E-state index in [2.05, 4.69) is 35.0 Å². The first-order valence-electron chi connectivity index (χ1n) is 5.73. The fourth-order valence-corrected chi connectivity index (χ4v) is 2.00. The van der Waals surface area contributed by atoms with E-state index in [1.54, 1.807) is 0 Å². The minimum absolute atomic E-state index is 0.168. The summed E-state index contributed by atoms with van der Waals surface area (Å²) in [6.07, 6.45) is 3.00. The third kappa shape index (κ3) is 2.55. The van der Waals surface area contributed by atoms with Crippen LogP contribution in [0, 0.1) is 0 Å². The Hall–Kier alpha value is -1.62. The van der Waals surface area contributed by atoms with Crippen LogP contribution in [-0.4, -0.2) is 39.3 Å². The van der Waals surface area contributed by atoms with Crippen LogP contribution in [0.5, 0.6) is 0 Å². The maximum absolute atomic E-state index is 11.0. The molecule has 0 saturated carbocycles. The Balaban J connectivity index is 2.14. The Bertz CT molecular complexity index is 458. The molecule has 0 bridgehead atoms. The molecule has 0 unspecified atom stereocenters.